The molecule has 4 aromatic carbocycles. The predicted molar refractivity (Wildman–Crippen MR) is 144 cm³/mol. The van der Waals surface area contributed by atoms with Gasteiger partial charge in [0.05, 0.1) is 4.90 Å². The van der Waals surface area contributed by atoms with Crippen molar-refractivity contribution in [1.82, 2.24) is 19.1 Å². The van der Waals surface area contributed by atoms with Gasteiger partial charge in [-0.15, -0.1) is 0 Å². The monoisotopic (exact) mass is 512 g/mol. The van der Waals surface area contributed by atoms with Crippen molar-refractivity contribution in [3.8, 4) is 17.1 Å². The molecule has 0 spiro atoms. The topological polar surface area (TPSA) is 71.0 Å². The molecular formula is C28H24N4O2S2. The van der Waals surface area contributed by atoms with Crippen LogP contribution >= 0.6 is 12.2 Å². The zero-order valence-corrected chi connectivity index (χ0v) is 21.0. The summed E-state index contributed by atoms with van der Waals surface area (Å²) in [4.78, 5) is 0.221. The molecule has 0 aliphatic carbocycles. The van der Waals surface area contributed by atoms with Crippen LogP contribution in [0.15, 0.2) is 120 Å². The minimum atomic E-state index is -3.78. The van der Waals surface area contributed by atoms with Crippen LogP contribution in [0.5, 0.6) is 0 Å². The number of benzene rings is 4. The van der Waals surface area contributed by atoms with Gasteiger partial charge >= 0.3 is 0 Å². The van der Waals surface area contributed by atoms with Crippen LogP contribution in [-0.4, -0.2) is 27.5 Å². The van der Waals surface area contributed by atoms with Crippen molar-refractivity contribution in [2.45, 2.75) is 18.0 Å². The highest BCUT2D eigenvalue weighted by atomic mass is 32.2. The molecule has 6 nitrogen and oxygen atoms in total. The standard InChI is InChI=1S/C28H24N4O2S2/c33-36(34,31(20-22-10-4-1-5-11-22)21-23-12-6-2-7-13-23)26-18-16-24(17-19-26)27-29-30-28(35)32(27)25-14-8-3-9-15-25/h1-19H,20-21H2,(H,30,35). The first kappa shape index (κ1) is 23.9. The summed E-state index contributed by atoms with van der Waals surface area (Å²) in [6.07, 6.45) is 0. The fourth-order valence-electron chi connectivity index (χ4n) is 4.03. The molecule has 1 aromatic heterocycles. The maximum Gasteiger partial charge on any atom is 0.243 e. The first-order valence-corrected chi connectivity index (χ1v) is 13.3. The highest BCUT2D eigenvalue weighted by Gasteiger charge is 2.25. The molecule has 1 N–H and O–H groups in total. The Morgan fingerprint density at radius 3 is 1.75 bits per heavy atom. The number of aromatic nitrogens is 3. The average Bonchev–Trinajstić information content (AvgIpc) is 3.31. The van der Waals surface area contributed by atoms with E-state index in [1.165, 1.54) is 4.31 Å². The van der Waals surface area contributed by atoms with Crippen LogP contribution in [0, 0.1) is 4.77 Å². The van der Waals surface area contributed by atoms with Crippen LogP contribution < -0.4 is 0 Å². The van der Waals surface area contributed by atoms with Crippen LogP contribution in [0.2, 0.25) is 0 Å². The van der Waals surface area contributed by atoms with E-state index in [4.69, 9.17) is 12.2 Å². The van der Waals surface area contributed by atoms with Crippen molar-refractivity contribution in [2.75, 3.05) is 0 Å². The lowest BCUT2D eigenvalue weighted by Crippen LogP contribution is -2.30. The second-order valence-corrected chi connectivity index (χ2v) is 10.6. The fraction of sp³-hybridized carbons (Fsp3) is 0.0714. The molecule has 0 radical (unpaired) electrons. The molecule has 180 valence electrons. The summed E-state index contributed by atoms with van der Waals surface area (Å²) in [6.45, 7) is 0.541. The van der Waals surface area contributed by atoms with Gasteiger partial charge in [0.25, 0.3) is 0 Å². The van der Waals surface area contributed by atoms with Crippen LogP contribution in [0.25, 0.3) is 17.1 Å². The Bertz CT molecular complexity index is 1560. The highest BCUT2D eigenvalue weighted by molar-refractivity contribution is 7.89. The fourth-order valence-corrected chi connectivity index (χ4v) is 5.69. The van der Waals surface area contributed by atoms with Crippen LogP contribution in [0.4, 0.5) is 0 Å². The Balaban J connectivity index is 1.48. The van der Waals surface area contributed by atoms with Gasteiger partial charge in [0.1, 0.15) is 0 Å². The first-order valence-electron chi connectivity index (χ1n) is 11.4. The first-order chi connectivity index (χ1) is 17.5. The van der Waals surface area contributed by atoms with E-state index in [1.54, 1.807) is 24.3 Å². The molecule has 5 rings (SSSR count). The molecule has 0 fully saturated rings. The van der Waals surface area contributed by atoms with E-state index in [0.717, 1.165) is 22.4 Å². The van der Waals surface area contributed by atoms with Crippen molar-refractivity contribution in [2.24, 2.45) is 0 Å². The van der Waals surface area contributed by atoms with E-state index in [2.05, 4.69) is 10.2 Å². The van der Waals surface area contributed by atoms with Crippen LogP contribution in [0.1, 0.15) is 11.1 Å². The SMILES string of the molecule is O=S(=O)(c1ccc(-c2n[nH]c(=S)n2-c2ccccc2)cc1)N(Cc1ccccc1)Cc1ccccc1. The summed E-state index contributed by atoms with van der Waals surface area (Å²) in [5.41, 5.74) is 3.47. The largest absolute Gasteiger partial charge is 0.268 e. The van der Waals surface area contributed by atoms with Crippen molar-refractivity contribution in [3.63, 3.8) is 0 Å². The molecular weight excluding hydrogens is 488 g/mol. The van der Waals surface area contributed by atoms with Gasteiger partial charge in [0.15, 0.2) is 10.6 Å². The van der Waals surface area contributed by atoms with E-state index in [0.29, 0.717) is 10.6 Å². The van der Waals surface area contributed by atoms with Gasteiger partial charge in [-0.05, 0) is 59.7 Å². The van der Waals surface area contributed by atoms with Crippen molar-refractivity contribution < 1.29 is 8.42 Å². The maximum absolute atomic E-state index is 13.8. The van der Waals surface area contributed by atoms with Crippen LogP contribution in [-0.2, 0) is 23.1 Å². The van der Waals surface area contributed by atoms with E-state index in [1.807, 2.05) is 95.6 Å². The van der Waals surface area contributed by atoms with Crippen molar-refractivity contribution >= 4 is 22.2 Å². The number of hydrogen-bond donors (Lipinski definition) is 1. The molecule has 0 atom stereocenters. The van der Waals surface area contributed by atoms with Gasteiger partial charge in [-0.1, -0.05) is 78.9 Å². The molecule has 0 aliphatic rings. The summed E-state index contributed by atoms with van der Waals surface area (Å²) in [5, 5.41) is 7.23. The second kappa shape index (κ2) is 10.4. The summed E-state index contributed by atoms with van der Waals surface area (Å²) >= 11 is 5.44. The number of nitrogens with zero attached hydrogens (tertiary/aromatic N) is 3. The lowest BCUT2D eigenvalue weighted by Gasteiger charge is -2.23. The second-order valence-electron chi connectivity index (χ2n) is 8.29. The summed E-state index contributed by atoms with van der Waals surface area (Å²) in [7, 11) is -3.78. The lowest BCUT2D eigenvalue weighted by atomic mass is 10.2. The molecule has 0 saturated carbocycles. The number of rotatable bonds is 8. The Hall–Kier alpha value is -3.85. The average molecular weight is 513 g/mol. The summed E-state index contributed by atoms with van der Waals surface area (Å²) in [6, 6.07) is 35.7. The zero-order chi connectivity index (χ0) is 25.0. The lowest BCUT2D eigenvalue weighted by molar-refractivity contribution is 0.401. The van der Waals surface area contributed by atoms with Gasteiger partial charge in [0.2, 0.25) is 10.0 Å². The zero-order valence-electron chi connectivity index (χ0n) is 19.4. The molecule has 0 amide bonds. The van der Waals surface area contributed by atoms with Crippen molar-refractivity contribution in [1.29, 1.82) is 0 Å². The quantitative estimate of drug-likeness (QED) is 0.259. The van der Waals surface area contributed by atoms with Gasteiger partial charge in [-0.25, -0.2) is 8.42 Å². The van der Waals surface area contributed by atoms with E-state index >= 15 is 0 Å². The van der Waals surface area contributed by atoms with Crippen LogP contribution in [0.3, 0.4) is 0 Å². The van der Waals surface area contributed by atoms with Gasteiger partial charge in [-0.2, -0.15) is 9.40 Å². The number of aromatic amines is 1. The molecule has 0 unspecified atom stereocenters. The smallest absolute Gasteiger partial charge is 0.243 e. The maximum atomic E-state index is 13.8. The minimum absolute atomic E-state index is 0.221. The third-order valence-electron chi connectivity index (χ3n) is 5.84. The Morgan fingerprint density at radius 2 is 1.22 bits per heavy atom. The predicted octanol–water partition coefficient (Wildman–Crippen LogP) is 5.99. The molecule has 0 saturated heterocycles. The third-order valence-corrected chi connectivity index (χ3v) is 7.92. The normalized spacial score (nSPS) is 11.6. The van der Waals surface area contributed by atoms with Gasteiger partial charge in [0, 0.05) is 24.3 Å². The Labute approximate surface area is 215 Å². The molecule has 0 aliphatic heterocycles. The number of nitrogens with one attached hydrogen (secondary N) is 1. The van der Waals surface area contributed by atoms with Crippen molar-refractivity contribution in [3.05, 3.63) is 131 Å². The summed E-state index contributed by atoms with van der Waals surface area (Å²) < 4.78 is 31.3. The van der Waals surface area contributed by atoms with Gasteiger partial charge in [-0.3, -0.25) is 9.67 Å². The summed E-state index contributed by atoms with van der Waals surface area (Å²) in [5.74, 6) is 0.612. The number of hydrogen-bond acceptors (Lipinski definition) is 4. The number of sulfonamides is 1. The molecule has 5 aromatic rings. The number of para-hydroxylation sites is 1. The third kappa shape index (κ3) is 5.06. The van der Waals surface area contributed by atoms with E-state index in [9.17, 15) is 8.42 Å². The van der Waals surface area contributed by atoms with Gasteiger partial charge < -0.3 is 0 Å². The number of H-pyrrole nitrogens is 1. The molecule has 8 heteroatoms. The Kier molecular flexibility index (Phi) is 6.90. The molecule has 1 heterocycles. The van der Waals surface area contributed by atoms with E-state index < -0.39 is 10.0 Å². The highest BCUT2D eigenvalue weighted by Crippen LogP contribution is 2.26. The molecule has 36 heavy (non-hydrogen) atoms. The minimum Gasteiger partial charge on any atom is -0.268 e. The Morgan fingerprint density at radius 1 is 0.722 bits per heavy atom. The van der Waals surface area contributed by atoms with E-state index in [-0.39, 0.29) is 18.0 Å². The molecule has 0 bridgehead atoms.